The standard InChI is InChI=1S/C14H13F5N2O2/c15-13(16,8-1-2-10(20-5-8)14(17,18)19)9-3-12(4-9)6-21(7-12)11(22)23/h1-2,5,9H,3-4,6-7H2,(H,22,23). The molecule has 3 rings (SSSR count). The molecule has 2 fully saturated rings. The highest BCUT2D eigenvalue weighted by Gasteiger charge is 2.60. The van der Waals surface area contributed by atoms with Crippen LogP contribution in [-0.4, -0.2) is 34.2 Å². The molecule has 1 aromatic rings. The number of likely N-dealkylation sites (tertiary alicyclic amines) is 1. The predicted octanol–water partition coefficient (Wildman–Crippen LogP) is 3.58. The van der Waals surface area contributed by atoms with Gasteiger partial charge in [-0.05, 0) is 25.0 Å². The van der Waals surface area contributed by atoms with Crippen molar-refractivity contribution < 1.29 is 31.9 Å². The smallest absolute Gasteiger partial charge is 0.433 e. The van der Waals surface area contributed by atoms with E-state index < -0.39 is 40.8 Å². The van der Waals surface area contributed by atoms with Gasteiger partial charge in [0.15, 0.2) is 0 Å². The number of nitrogens with zero attached hydrogens (tertiary/aromatic N) is 2. The topological polar surface area (TPSA) is 53.4 Å². The van der Waals surface area contributed by atoms with Crippen LogP contribution in [0.2, 0.25) is 0 Å². The van der Waals surface area contributed by atoms with Crippen molar-refractivity contribution in [2.75, 3.05) is 13.1 Å². The van der Waals surface area contributed by atoms with E-state index in [-0.39, 0.29) is 25.9 Å². The summed E-state index contributed by atoms with van der Waals surface area (Å²) in [7, 11) is 0. The molecule has 1 saturated heterocycles. The Balaban J connectivity index is 1.66. The summed E-state index contributed by atoms with van der Waals surface area (Å²) < 4.78 is 65.9. The number of halogens is 5. The minimum Gasteiger partial charge on any atom is -0.465 e. The second-order valence-electron chi connectivity index (χ2n) is 6.30. The van der Waals surface area contributed by atoms with Crippen molar-refractivity contribution >= 4 is 6.09 Å². The van der Waals surface area contributed by atoms with Crippen LogP contribution in [0, 0.1) is 11.3 Å². The van der Waals surface area contributed by atoms with Crippen molar-refractivity contribution in [1.29, 1.82) is 0 Å². The number of amides is 1. The second-order valence-corrected chi connectivity index (χ2v) is 6.30. The van der Waals surface area contributed by atoms with Crippen LogP contribution in [0.5, 0.6) is 0 Å². The van der Waals surface area contributed by atoms with E-state index in [9.17, 15) is 26.7 Å². The van der Waals surface area contributed by atoms with Crippen LogP contribution < -0.4 is 0 Å². The average Bonchev–Trinajstić information content (AvgIpc) is 2.33. The van der Waals surface area contributed by atoms with Gasteiger partial charge >= 0.3 is 12.3 Å². The molecule has 9 heteroatoms. The molecule has 1 saturated carbocycles. The molecule has 1 N–H and O–H groups in total. The van der Waals surface area contributed by atoms with Crippen molar-refractivity contribution in [2.45, 2.75) is 24.9 Å². The Bertz CT molecular complexity index is 615. The van der Waals surface area contributed by atoms with Crippen molar-refractivity contribution in [3.05, 3.63) is 29.6 Å². The summed E-state index contributed by atoms with van der Waals surface area (Å²) in [5, 5.41) is 8.76. The fraction of sp³-hybridized carbons (Fsp3) is 0.571. The Kier molecular flexibility index (Phi) is 3.32. The fourth-order valence-corrected chi connectivity index (χ4v) is 3.39. The highest BCUT2D eigenvalue weighted by molar-refractivity contribution is 5.66. The highest BCUT2D eigenvalue weighted by atomic mass is 19.4. The summed E-state index contributed by atoms with van der Waals surface area (Å²) in [6, 6.07) is 1.30. The zero-order chi connectivity index (χ0) is 17.0. The number of alkyl halides is 5. The molecular formula is C14H13F5N2O2. The maximum atomic E-state index is 14.3. The maximum absolute atomic E-state index is 14.3. The van der Waals surface area contributed by atoms with Crippen molar-refractivity contribution in [3.8, 4) is 0 Å². The van der Waals surface area contributed by atoms with Gasteiger partial charge in [-0.15, -0.1) is 0 Å². The number of carboxylic acid groups (broad SMARTS) is 1. The first-order chi connectivity index (χ1) is 10.5. The van der Waals surface area contributed by atoms with Gasteiger partial charge < -0.3 is 10.0 Å². The highest BCUT2D eigenvalue weighted by Crippen LogP contribution is 2.59. The Labute approximate surface area is 127 Å². The third-order valence-electron chi connectivity index (χ3n) is 4.63. The summed E-state index contributed by atoms with van der Waals surface area (Å²) in [6.07, 6.45) is -4.85. The number of hydrogen-bond acceptors (Lipinski definition) is 2. The van der Waals surface area contributed by atoms with E-state index in [1.54, 1.807) is 0 Å². The first-order valence-electron chi connectivity index (χ1n) is 6.93. The molecule has 1 aliphatic carbocycles. The predicted molar refractivity (Wildman–Crippen MR) is 67.9 cm³/mol. The first kappa shape index (κ1) is 15.9. The normalized spacial score (nSPS) is 21.0. The monoisotopic (exact) mass is 336 g/mol. The van der Waals surface area contributed by atoms with Crippen LogP contribution in [0.25, 0.3) is 0 Å². The van der Waals surface area contributed by atoms with E-state index in [0.29, 0.717) is 12.3 Å². The Morgan fingerprint density at radius 1 is 1.22 bits per heavy atom. The zero-order valence-electron chi connectivity index (χ0n) is 11.8. The Morgan fingerprint density at radius 3 is 2.26 bits per heavy atom. The van der Waals surface area contributed by atoms with E-state index in [2.05, 4.69) is 4.98 Å². The van der Waals surface area contributed by atoms with Gasteiger partial charge in [-0.3, -0.25) is 4.98 Å². The minimum absolute atomic E-state index is 0.158. The summed E-state index contributed by atoms with van der Waals surface area (Å²) >= 11 is 0. The summed E-state index contributed by atoms with van der Waals surface area (Å²) in [6.45, 7) is 0.473. The summed E-state index contributed by atoms with van der Waals surface area (Å²) in [5.41, 5.74) is -2.15. The zero-order valence-corrected chi connectivity index (χ0v) is 11.8. The van der Waals surface area contributed by atoms with Crippen molar-refractivity contribution in [3.63, 3.8) is 0 Å². The molecule has 126 valence electrons. The van der Waals surface area contributed by atoms with Gasteiger partial charge in [0.25, 0.3) is 5.92 Å². The summed E-state index contributed by atoms with van der Waals surface area (Å²) in [5.74, 6) is -4.27. The van der Waals surface area contributed by atoms with Crippen LogP contribution in [0.1, 0.15) is 24.1 Å². The van der Waals surface area contributed by atoms with Gasteiger partial charge in [-0.2, -0.15) is 13.2 Å². The molecule has 4 nitrogen and oxygen atoms in total. The molecule has 1 amide bonds. The lowest BCUT2D eigenvalue weighted by Crippen LogP contribution is -2.65. The number of rotatable bonds is 2. The molecular weight excluding hydrogens is 323 g/mol. The molecule has 2 aliphatic rings. The molecule has 1 aliphatic heterocycles. The third-order valence-corrected chi connectivity index (χ3v) is 4.63. The van der Waals surface area contributed by atoms with Crippen molar-refractivity contribution in [1.82, 2.24) is 9.88 Å². The number of hydrogen-bond donors (Lipinski definition) is 1. The van der Waals surface area contributed by atoms with Gasteiger partial charge in [0.1, 0.15) is 5.69 Å². The van der Waals surface area contributed by atoms with Gasteiger partial charge in [0.05, 0.1) is 0 Å². The van der Waals surface area contributed by atoms with Crippen LogP contribution >= 0.6 is 0 Å². The average molecular weight is 336 g/mol. The maximum Gasteiger partial charge on any atom is 0.433 e. The minimum atomic E-state index is -4.67. The van der Waals surface area contributed by atoms with Crippen molar-refractivity contribution in [2.24, 2.45) is 11.3 Å². The Hall–Kier alpha value is -1.93. The number of carbonyl (C=O) groups is 1. The largest absolute Gasteiger partial charge is 0.465 e. The molecule has 0 atom stereocenters. The van der Waals surface area contributed by atoms with E-state index in [1.165, 1.54) is 0 Å². The van der Waals surface area contributed by atoms with Gasteiger partial charge in [0.2, 0.25) is 0 Å². The fourth-order valence-electron chi connectivity index (χ4n) is 3.39. The molecule has 0 unspecified atom stereocenters. The second kappa shape index (κ2) is 4.78. The van der Waals surface area contributed by atoms with Gasteiger partial charge in [-0.25, -0.2) is 13.6 Å². The quantitative estimate of drug-likeness (QED) is 0.840. The van der Waals surface area contributed by atoms with Crippen LogP contribution in [0.3, 0.4) is 0 Å². The molecule has 23 heavy (non-hydrogen) atoms. The van der Waals surface area contributed by atoms with E-state index in [1.807, 2.05) is 0 Å². The SMILES string of the molecule is O=C(O)N1CC2(CC(C(F)(F)c3ccc(C(F)(F)F)nc3)C2)C1. The Morgan fingerprint density at radius 2 is 1.83 bits per heavy atom. The molecule has 1 aromatic heterocycles. The van der Waals surface area contributed by atoms with Crippen LogP contribution in [-0.2, 0) is 12.1 Å². The molecule has 0 aromatic carbocycles. The molecule has 0 radical (unpaired) electrons. The van der Waals surface area contributed by atoms with Gasteiger partial charge in [-0.1, -0.05) is 0 Å². The van der Waals surface area contributed by atoms with E-state index in [0.717, 1.165) is 11.0 Å². The van der Waals surface area contributed by atoms with E-state index >= 15 is 0 Å². The van der Waals surface area contributed by atoms with Crippen LogP contribution in [0.15, 0.2) is 18.3 Å². The number of aromatic nitrogens is 1. The van der Waals surface area contributed by atoms with Gasteiger partial charge in [0, 0.05) is 36.2 Å². The third kappa shape index (κ3) is 2.61. The number of pyridine rings is 1. The van der Waals surface area contributed by atoms with E-state index in [4.69, 9.17) is 5.11 Å². The molecule has 1 spiro atoms. The lowest BCUT2D eigenvalue weighted by Gasteiger charge is -2.59. The lowest BCUT2D eigenvalue weighted by molar-refractivity contribution is -0.179. The van der Waals surface area contributed by atoms with Crippen LogP contribution in [0.4, 0.5) is 26.7 Å². The molecule has 0 bridgehead atoms. The lowest BCUT2D eigenvalue weighted by atomic mass is 9.55. The summed E-state index contributed by atoms with van der Waals surface area (Å²) in [4.78, 5) is 14.9. The molecule has 2 heterocycles. The first-order valence-corrected chi connectivity index (χ1v) is 6.93.